The molecule has 0 radical (unpaired) electrons. The molecule has 1 atom stereocenters. The van der Waals surface area contributed by atoms with Crippen molar-refractivity contribution in [1.82, 2.24) is 9.55 Å². The molecular weight excluding hydrogens is 343 g/mol. The molecule has 3 rings (SSSR count). The normalized spacial score (nSPS) is 12.8. The summed E-state index contributed by atoms with van der Waals surface area (Å²) in [5.74, 6) is 0.455. The fraction of sp³-hybridized carbons (Fsp3) is 0.263. The van der Waals surface area contributed by atoms with E-state index in [-0.39, 0.29) is 23.6 Å². The third kappa shape index (κ3) is 3.23. The van der Waals surface area contributed by atoms with E-state index in [2.05, 4.69) is 4.98 Å². The van der Waals surface area contributed by atoms with Crippen LogP contribution in [0, 0.1) is 18.3 Å². The number of hydrogen-bond acceptors (Lipinski definition) is 3. The van der Waals surface area contributed by atoms with E-state index in [1.165, 1.54) is 12.1 Å². The van der Waals surface area contributed by atoms with Crippen molar-refractivity contribution in [2.75, 3.05) is 6.61 Å². The van der Waals surface area contributed by atoms with Crippen molar-refractivity contribution in [3.8, 4) is 11.9 Å². The van der Waals surface area contributed by atoms with Crippen LogP contribution in [-0.2, 0) is 6.18 Å². The smallest absolute Gasteiger partial charge is 0.418 e. The summed E-state index contributed by atoms with van der Waals surface area (Å²) in [6, 6.07) is 10.9. The molecular formula is C19H16F3N3O. The molecule has 0 bridgehead atoms. The van der Waals surface area contributed by atoms with E-state index in [0.717, 1.165) is 0 Å². The third-order valence-corrected chi connectivity index (χ3v) is 4.17. The summed E-state index contributed by atoms with van der Waals surface area (Å²) in [5.41, 5.74) is -0.180. The number of halogens is 3. The topological polar surface area (TPSA) is 50.8 Å². The zero-order valence-corrected chi connectivity index (χ0v) is 14.2. The van der Waals surface area contributed by atoms with Gasteiger partial charge in [0.1, 0.15) is 6.61 Å². The molecule has 0 spiro atoms. The summed E-state index contributed by atoms with van der Waals surface area (Å²) in [6.07, 6.45) is -2.99. The molecule has 3 aromatic rings. The first-order valence-corrected chi connectivity index (χ1v) is 7.98. The minimum atomic E-state index is -4.60. The summed E-state index contributed by atoms with van der Waals surface area (Å²) in [7, 11) is 0. The second kappa shape index (κ2) is 6.71. The van der Waals surface area contributed by atoms with Gasteiger partial charge in [-0.05, 0) is 38.1 Å². The monoisotopic (exact) mass is 359 g/mol. The standard InChI is InChI=1S/C19H16F3N3O/c1-12-9-15-16(7-6-14(10-23)18(15)19(20,21)22)25(12)13(2)11-26-17-5-3-4-8-24-17/h3-9,13H,11H2,1-2H3/t13-/m1/s1. The van der Waals surface area contributed by atoms with E-state index in [4.69, 9.17) is 10.00 Å². The lowest BCUT2D eigenvalue weighted by molar-refractivity contribution is -0.136. The Bertz CT molecular complexity index is 972. The summed E-state index contributed by atoms with van der Waals surface area (Å²) in [4.78, 5) is 4.07. The van der Waals surface area contributed by atoms with Crippen molar-refractivity contribution < 1.29 is 17.9 Å². The minimum Gasteiger partial charge on any atom is -0.475 e. The van der Waals surface area contributed by atoms with Crippen molar-refractivity contribution in [3.63, 3.8) is 0 Å². The van der Waals surface area contributed by atoms with E-state index in [9.17, 15) is 13.2 Å². The second-order valence-corrected chi connectivity index (χ2v) is 6.01. The van der Waals surface area contributed by atoms with E-state index in [1.54, 1.807) is 48.0 Å². The number of nitrogens with zero attached hydrogens (tertiary/aromatic N) is 3. The van der Waals surface area contributed by atoms with Gasteiger partial charge in [0.25, 0.3) is 0 Å². The van der Waals surface area contributed by atoms with Crippen LogP contribution in [0.4, 0.5) is 13.2 Å². The summed E-state index contributed by atoms with van der Waals surface area (Å²) in [5, 5.41) is 9.08. The van der Waals surface area contributed by atoms with E-state index in [0.29, 0.717) is 17.1 Å². The summed E-state index contributed by atoms with van der Waals surface area (Å²) in [6.45, 7) is 3.85. The van der Waals surface area contributed by atoms with Gasteiger partial charge in [0.15, 0.2) is 0 Å². The van der Waals surface area contributed by atoms with Gasteiger partial charge in [-0.3, -0.25) is 0 Å². The summed E-state index contributed by atoms with van der Waals surface area (Å²) >= 11 is 0. The lowest BCUT2D eigenvalue weighted by atomic mass is 10.0. The highest BCUT2D eigenvalue weighted by molar-refractivity contribution is 5.87. The Morgan fingerprint density at radius 3 is 2.65 bits per heavy atom. The molecule has 2 aromatic heterocycles. The van der Waals surface area contributed by atoms with Crippen molar-refractivity contribution in [2.45, 2.75) is 26.1 Å². The van der Waals surface area contributed by atoms with Crippen LogP contribution in [0.1, 0.15) is 29.8 Å². The Morgan fingerprint density at radius 1 is 1.27 bits per heavy atom. The molecule has 0 aliphatic heterocycles. The molecule has 2 heterocycles. The van der Waals surface area contributed by atoms with Gasteiger partial charge in [0, 0.05) is 28.9 Å². The number of nitriles is 1. The maximum Gasteiger partial charge on any atom is 0.418 e. The summed E-state index contributed by atoms with van der Waals surface area (Å²) < 4.78 is 47.9. The average molecular weight is 359 g/mol. The van der Waals surface area contributed by atoms with Crippen molar-refractivity contribution in [2.24, 2.45) is 0 Å². The molecule has 0 unspecified atom stereocenters. The molecule has 0 N–H and O–H groups in total. The number of aryl methyl sites for hydroxylation is 1. The predicted molar refractivity (Wildman–Crippen MR) is 90.8 cm³/mol. The van der Waals surface area contributed by atoms with Crippen molar-refractivity contribution in [1.29, 1.82) is 5.26 Å². The van der Waals surface area contributed by atoms with Gasteiger partial charge in [0.05, 0.1) is 23.2 Å². The molecule has 0 aliphatic rings. The van der Waals surface area contributed by atoms with Crippen LogP contribution in [0.2, 0.25) is 0 Å². The number of ether oxygens (including phenoxy) is 1. The van der Waals surface area contributed by atoms with Crippen LogP contribution in [0.3, 0.4) is 0 Å². The van der Waals surface area contributed by atoms with E-state index in [1.807, 2.05) is 6.92 Å². The Hall–Kier alpha value is -3.01. The molecule has 0 fully saturated rings. The Kier molecular flexibility index (Phi) is 4.60. The van der Waals surface area contributed by atoms with Crippen molar-refractivity contribution in [3.05, 3.63) is 59.4 Å². The van der Waals surface area contributed by atoms with Crippen LogP contribution in [-0.4, -0.2) is 16.2 Å². The quantitative estimate of drug-likeness (QED) is 0.667. The maximum absolute atomic E-state index is 13.5. The molecule has 7 heteroatoms. The first-order chi connectivity index (χ1) is 12.3. The zero-order valence-electron chi connectivity index (χ0n) is 14.2. The minimum absolute atomic E-state index is 0.0266. The number of aromatic nitrogens is 2. The van der Waals surface area contributed by atoms with Gasteiger partial charge < -0.3 is 9.30 Å². The zero-order chi connectivity index (χ0) is 18.9. The molecule has 0 aliphatic carbocycles. The van der Waals surface area contributed by atoms with Crippen LogP contribution >= 0.6 is 0 Å². The van der Waals surface area contributed by atoms with Crippen LogP contribution in [0.5, 0.6) is 5.88 Å². The molecule has 0 amide bonds. The number of alkyl halides is 3. The van der Waals surface area contributed by atoms with Gasteiger partial charge in [-0.25, -0.2) is 4.98 Å². The number of hydrogen-bond donors (Lipinski definition) is 0. The van der Waals surface area contributed by atoms with Gasteiger partial charge in [-0.15, -0.1) is 0 Å². The SMILES string of the molecule is Cc1cc2c(C(F)(F)F)c(C#N)ccc2n1[C@H](C)COc1ccccn1. The molecule has 26 heavy (non-hydrogen) atoms. The fourth-order valence-corrected chi connectivity index (χ4v) is 3.13. The lowest BCUT2D eigenvalue weighted by Crippen LogP contribution is -2.16. The highest BCUT2D eigenvalue weighted by Crippen LogP contribution is 2.39. The highest BCUT2D eigenvalue weighted by atomic mass is 19.4. The maximum atomic E-state index is 13.5. The average Bonchev–Trinajstić information content (AvgIpc) is 2.94. The van der Waals surface area contributed by atoms with Crippen LogP contribution < -0.4 is 4.74 Å². The van der Waals surface area contributed by atoms with Gasteiger partial charge in [-0.2, -0.15) is 18.4 Å². The Morgan fingerprint density at radius 2 is 2.04 bits per heavy atom. The lowest BCUT2D eigenvalue weighted by Gasteiger charge is -2.18. The van der Waals surface area contributed by atoms with E-state index >= 15 is 0 Å². The molecule has 0 saturated heterocycles. The first-order valence-electron chi connectivity index (χ1n) is 7.98. The molecule has 1 aromatic carbocycles. The second-order valence-electron chi connectivity index (χ2n) is 6.01. The van der Waals surface area contributed by atoms with Crippen LogP contribution in [0.25, 0.3) is 10.9 Å². The molecule has 4 nitrogen and oxygen atoms in total. The number of rotatable bonds is 4. The third-order valence-electron chi connectivity index (χ3n) is 4.17. The fourth-order valence-electron chi connectivity index (χ4n) is 3.13. The van der Waals surface area contributed by atoms with Crippen LogP contribution in [0.15, 0.2) is 42.6 Å². The highest BCUT2D eigenvalue weighted by Gasteiger charge is 2.36. The number of fused-ring (bicyclic) bond motifs is 1. The van der Waals surface area contributed by atoms with Crippen molar-refractivity contribution >= 4 is 10.9 Å². The van der Waals surface area contributed by atoms with E-state index < -0.39 is 11.7 Å². The number of pyridine rings is 1. The Labute approximate surface area is 148 Å². The van der Waals surface area contributed by atoms with Gasteiger partial charge in [-0.1, -0.05) is 6.07 Å². The Balaban J connectivity index is 2.02. The molecule has 134 valence electrons. The van der Waals surface area contributed by atoms with Gasteiger partial charge in [0.2, 0.25) is 5.88 Å². The first kappa shape index (κ1) is 17.8. The molecule has 0 saturated carbocycles. The van der Waals surface area contributed by atoms with Gasteiger partial charge >= 0.3 is 6.18 Å². The predicted octanol–water partition coefficient (Wildman–Crippen LogP) is 4.88. The number of benzene rings is 1. The largest absolute Gasteiger partial charge is 0.475 e.